The Labute approximate surface area is 159 Å². The van der Waals surface area contributed by atoms with Gasteiger partial charge in [0.1, 0.15) is 0 Å². The van der Waals surface area contributed by atoms with Crippen LogP contribution in [0.2, 0.25) is 0 Å². The molecule has 2 aliphatic rings. The molecule has 2 heterocycles. The summed E-state index contributed by atoms with van der Waals surface area (Å²) < 4.78 is 7.51. The summed E-state index contributed by atoms with van der Waals surface area (Å²) >= 11 is 0. The van der Waals surface area contributed by atoms with Crippen LogP contribution in [0.25, 0.3) is 0 Å². The third-order valence-corrected chi connectivity index (χ3v) is 6.13. The normalized spacial score (nSPS) is 27.3. The molecule has 1 aromatic heterocycles. The molecule has 0 bridgehead atoms. The average molecular weight is 375 g/mol. The van der Waals surface area contributed by atoms with Gasteiger partial charge in [-0.2, -0.15) is 0 Å². The Morgan fingerprint density at radius 2 is 2.11 bits per heavy atom. The Kier molecular flexibility index (Phi) is 5.69. The lowest BCUT2D eigenvalue weighted by Crippen LogP contribution is -2.55. The SMILES string of the molecule is CO[C@@]12CC[C@@H](NC(C)=O)C[C@@H]1N(C(=O)CCn1c(C)cccc1=O)CC2. The van der Waals surface area contributed by atoms with Gasteiger partial charge in [0.25, 0.3) is 5.56 Å². The molecular formula is C20H29N3O4. The van der Waals surface area contributed by atoms with E-state index >= 15 is 0 Å². The van der Waals surface area contributed by atoms with Crippen LogP contribution in [-0.2, 0) is 20.9 Å². The molecule has 2 amide bonds. The summed E-state index contributed by atoms with van der Waals surface area (Å²) in [6, 6.07) is 5.16. The molecule has 0 unspecified atom stereocenters. The Balaban J connectivity index is 1.70. The second-order valence-corrected chi connectivity index (χ2v) is 7.70. The van der Waals surface area contributed by atoms with Crippen LogP contribution in [0.5, 0.6) is 0 Å². The lowest BCUT2D eigenvalue weighted by Gasteiger charge is -2.43. The van der Waals surface area contributed by atoms with E-state index in [-0.39, 0.29) is 41.5 Å². The molecular weight excluding hydrogens is 346 g/mol. The van der Waals surface area contributed by atoms with E-state index in [0.717, 1.165) is 25.0 Å². The number of amides is 2. The van der Waals surface area contributed by atoms with Crippen LogP contribution in [0.15, 0.2) is 23.0 Å². The van der Waals surface area contributed by atoms with Gasteiger partial charge in [-0.25, -0.2) is 0 Å². The van der Waals surface area contributed by atoms with Crippen LogP contribution in [-0.4, -0.2) is 52.6 Å². The topological polar surface area (TPSA) is 80.6 Å². The summed E-state index contributed by atoms with van der Waals surface area (Å²) in [7, 11) is 1.71. The van der Waals surface area contributed by atoms with Crippen LogP contribution in [0, 0.1) is 6.92 Å². The Morgan fingerprint density at radius 1 is 1.33 bits per heavy atom. The average Bonchev–Trinajstić information content (AvgIpc) is 3.00. The van der Waals surface area contributed by atoms with Crippen LogP contribution in [0.3, 0.4) is 0 Å². The highest BCUT2D eigenvalue weighted by Crippen LogP contribution is 2.42. The fraction of sp³-hybridized carbons (Fsp3) is 0.650. The van der Waals surface area contributed by atoms with Crippen molar-refractivity contribution in [2.45, 2.75) is 70.2 Å². The molecule has 7 heteroatoms. The highest BCUT2D eigenvalue weighted by atomic mass is 16.5. The first kappa shape index (κ1) is 19.6. The first-order valence-electron chi connectivity index (χ1n) is 9.64. The molecule has 0 radical (unpaired) electrons. The molecule has 1 aliphatic heterocycles. The van der Waals surface area contributed by atoms with Gasteiger partial charge in [0, 0.05) is 51.3 Å². The van der Waals surface area contributed by atoms with Gasteiger partial charge in [0.15, 0.2) is 0 Å². The fourth-order valence-corrected chi connectivity index (χ4v) is 4.67. The van der Waals surface area contributed by atoms with Crippen molar-refractivity contribution in [3.05, 3.63) is 34.2 Å². The highest BCUT2D eigenvalue weighted by Gasteiger charge is 2.52. The first-order chi connectivity index (χ1) is 12.9. The molecule has 1 saturated carbocycles. The number of hydrogen-bond donors (Lipinski definition) is 1. The molecule has 2 fully saturated rings. The number of rotatable bonds is 5. The summed E-state index contributed by atoms with van der Waals surface area (Å²) in [6.07, 6.45) is 3.51. The van der Waals surface area contributed by atoms with Gasteiger partial charge in [-0.15, -0.1) is 0 Å². The third-order valence-electron chi connectivity index (χ3n) is 6.13. The van der Waals surface area contributed by atoms with Crippen LogP contribution in [0.1, 0.15) is 44.7 Å². The summed E-state index contributed by atoms with van der Waals surface area (Å²) in [5, 5.41) is 2.99. The summed E-state index contributed by atoms with van der Waals surface area (Å²) in [5.74, 6) is -0.00253. The number of fused-ring (bicyclic) bond motifs is 1. The number of ether oxygens (including phenoxy) is 1. The molecule has 148 valence electrons. The number of nitrogens with one attached hydrogen (secondary N) is 1. The van der Waals surface area contributed by atoms with Crippen LogP contribution < -0.4 is 10.9 Å². The second kappa shape index (κ2) is 7.84. The Hall–Kier alpha value is -2.15. The maximum absolute atomic E-state index is 13.0. The number of hydrogen-bond acceptors (Lipinski definition) is 4. The number of carbonyl (C=O) groups excluding carboxylic acids is 2. The zero-order chi connectivity index (χ0) is 19.6. The van der Waals surface area contributed by atoms with Crippen molar-refractivity contribution in [3.8, 4) is 0 Å². The van der Waals surface area contributed by atoms with E-state index in [4.69, 9.17) is 4.74 Å². The standard InChI is InChI=1S/C20H29N3O4/c1-14-5-4-6-18(25)22(14)11-8-19(26)23-12-10-20(27-3)9-7-16(13-17(20)23)21-15(2)24/h4-6,16-17H,7-13H2,1-3H3,(H,21,24)/t16-,17+,20-/m1/s1. The Bertz CT molecular complexity index is 775. The van der Waals surface area contributed by atoms with Crippen molar-refractivity contribution < 1.29 is 14.3 Å². The zero-order valence-electron chi connectivity index (χ0n) is 16.4. The third kappa shape index (κ3) is 3.93. The van der Waals surface area contributed by atoms with Crippen molar-refractivity contribution in [1.82, 2.24) is 14.8 Å². The molecule has 1 saturated heterocycles. The number of aryl methyl sites for hydroxylation is 1. The van der Waals surface area contributed by atoms with Gasteiger partial charge in [-0.1, -0.05) is 6.07 Å². The summed E-state index contributed by atoms with van der Waals surface area (Å²) in [6.45, 7) is 4.43. The van der Waals surface area contributed by atoms with Crippen LogP contribution >= 0.6 is 0 Å². The van der Waals surface area contributed by atoms with E-state index in [0.29, 0.717) is 19.5 Å². The van der Waals surface area contributed by atoms with E-state index < -0.39 is 0 Å². The first-order valence-corrected chi connectivity index (χ1v) is 9.64. The molecule has 27 heavy (non-hydrogen) atoms. The minimum Gasteiger partial charge on any atom is -0.376 e. The lowest BCUT2D eigenvalue weighted by molar-refractivity contribution is -0.138. The fourth-order valence-electron chi connectivity index (χ4n) is 4.67. The largest absolute Gasteiger partial charge is 0.376 e. The number of nitrogens with zero attached hydrogens (tertiary/aromatic N) is 2. The van der Waals surface area contributed by atoms with E-state index in [1.807, 2.05) is 17.9 Å². The molecule has 3 rings (SSSR count). The lowest BCUT2D eigenvalue weighted by atomic mass is 9.78. The number of aromatic nitrogens is 1. The molecule has 7 nitrogen and oxygen atoms in total. The molecule has 1 aliphatic carbocycles. The van der Waals surface area contributed by atoms with Gasteiger partial charge >= 0.3 is 0 Å². The molecule has 1 N–H and O–H groups in total. The van der Waals surface area contributed by atoms with Crippen molar-refractivity contribution in [1.29, 1.82) is 0 Å². The zero-order valence-corrected chi connectivity index (χ0v) is 16.4. The van der Waals surface area contributed by atoms with Gasteiger partial charge in [-0.05, 0) is 38.7 Å². The monoisotopic (exact) mass is 375 g/mol. The Morgan fingerprint density at radius 3 is 2.78 bits per heavy atom. The minimum absolute atomic E-state index is 0.0332. The minimum atomic E-state index is -0.315. The van der Waals surface area contributed by atoms with Gasteiger partial charge in [0.2, 0.25) is 11.8 Å². The van der Waals surface area contributed by atoms with E-state index in [1.54, 1.807) is 17.7 Å². The van der Waals surface area contributed by atoms with Gasteiger partial charge < -0.3 is 19.5 Å². The predicted molar refractivity (Wildman–Crippen MR) is 101 cm³/mol. The van der Waals surface area contributed by atoms with Crippen molar-refractivity contribution in [3.63, 3.8) is 0 Å². The quantitative estimate of drug-likeness (QED) is 0.839. The maximum atomic E-state index is 13.0. The number of carbonyl (C=O) groups is 2. The molecule has 1 aromatic rings. The van der Waals surface area contributed by atoms with Crippen molar-refractivity contribution >= 4 is 11.8 Å². The highest BCUT2D eigenvalue weighted by molar-refractivity contribution is 5.77. The maximum Gasteiger partial charge on any atom is 0.250 e. The molecule has 3 atom stereocenters. The van der Waals surface area contributed by atoms with E-state index in [1.165, 1.54) is 13.0 Å². The van der Waals surface area contributed by atoms with E-state index in [2.05, 4.69) is 5.32 Å². The van der Waals surface area contributed by atoms with Gasteiger partial charge in [-0.3, -0.25) is 14.4 Å². The van der Waals surface area contributed by atoms with E-state index in [9.17, 15) is 14.4 Å². The van der Waals surface area contributed by atoms with Crippen molar-refractivity contribution in [2.24, 2.45) is 0 Å². The number of methoxy groups -OCH3 is 1. The van der Waals surface area contributed by atoms with Gasteiger partial charge in [0.05, 0.1) is 11.6 Å². The van der Waals surface area contributed by atoms with Crippen molar-refractivity contribution in [2.75, 3.05) is 13.7 Å². The predicted octanol–water partition coefficient (Wildman–Crippen LogP) is 1.22. The molecule has 0 aromatic carbocycles. The summed E-state index contributed by atoms with van der Waals surface area (Å²) in [4.78, 5) is 38.3. The van der Waals surface area contributed by atoms with Crippen LogP contribution in [0.4, 0.5) is 0 Å². The number of pyridine rings is 1. The molecule has 0 spiro atoms. The summed E-state index contributed by atoms with van der Waals surface area (Å²) in [5.41, 5.74) is 0.453. The smallest absolute Gasteiger partial charge is 0.250 e. The number of likely N-dealkylation sites (tertiary alicyclic amines) is 1. The second-order valence-electron chi connectivity index (χ2n) is 7.70.